The van der Waals surface area contributed by atoms with E-state index >= 15 is 0 Å². The van der Waals surface area contributed by atoms with Gasteiger partial charge in [0.1, 0.15) is 17.9 Å². The molecule has 0 fully saturated rings. The maximum atomic E-state index is 11.6. The molecular weight excluding hydrogens is 504 g/mol. The van der Waals surface area contributed by atoms with E-state index in [1.165, 1.54) is 29.1 Å². The van der Waals surface area contributed by atoms with Crippen molar-refractivity contribution >= 4 is 5.97 Å². The molecule has 8 heteroatoms. The third kappa shape index (κ3) is 5.87. The Morgan fingerprint density at radius 3 is 2.62 bits per heavy atom. The molecule has 0 amide bonds. The lowest BCUT2D eigenvalue weighted by atomic mass is 9.92. The number of aromatic carboxylic acids is 1. The Morgan fingerprint density at radius 1 is 1.07 bits per heavy atom. The first-order valence-electron chi connectivity index (χ1n) is 13.5. The second-order valence-corrected chi connectivity index (χ2v) is 11.5. The highest BCUT2D eigenvalue weighted by molar-refractivity contribution is 5.90. The number of carbonyl (C=O) groups is 1. The van der Waals surface area contributed by atoms with E-state index in [-0.39, 0.29) is 16.9 Å². The highest BCUT2D eigenvalue weighted by Gasteiger charge is 2.22. The average molecular weight is 541 g/mol. The molecule has 1 N–H and O–H groups in total. The summed E-state index contributed by atoms with van der Waals surface area (Å²) in [7, 11) is 1.42. The van der Waals surface area contributed by atoms with Crippen LogP contribution in [0.25, 0.3) is 17.1 Å². The number of carboxylic acids is 1. The second kappa shape index (κ2) is 11.1. The molecule has 8 nitrogen and oxygen atoms in total. The van der Waals surface area contributed by atoms with Crippen LogP contribution in [0.2, 0.25) is 0 Å². The second-order valence-electron chi connectivity index (χ2n) is 11.5. The van der Waals surface area contributed by atoms with Crippen LogP contribution in [0.1, 0.15) is 53.4 Å². The van der Waals surface area contributed by atoms with E-state index in [4.69, 9.17) is 14.5 Å². The third-order valence-electron chi connectivity index (χ3n) is 7.03. The number of aryl methyl sites for hydroxylation is 1. The maximum Gasteiger partial charge on any atom is 0.342 e. The van der Waals surface area contributed by atoms with Gasteiger partial charge in [-0.05, 0) is 59.2 Å². The fourth-order valence-electron chi connectivity index (χ4n) is 5.30. The number of para-hydroxylation sites is 1. The molecule has 5 rings (SSSR count). The van der Waals surface area contributed by atoms with Gasteiger partial charge in [0.05, 0.1) is 19.0 Å². The summed E-state index contributed by atoms with van der Waals surface area (Å²) in [5.41, 5.74) is 6.75. The molecular formula is C32H36N4O4. The maximum absolute atomic E-state index is 11.6. The zero-order chi connectivity index (χ0) is 28.4. The van der Waals surface area contributed by atoms with Gasteiger partial charge in [-0.1, -0.05) is 57.2 Å². The normalized spacial score (nSPS) is 13.6. The van der Waals surface area contributed by atoms with E-state index in [1.54, 1.807) is 6.07 Å². The van der Waals surface area contributed by atoms with E-state index in [9.17, 15) is 9.90 Å². The largest absolute Gasteiger partial charge is 0.488 e. The lowest BCUT2D eigenvalue weighted by Crippen LogP contribution is -2.36. The van der Waals surface area contributed by atoms with Crippen molar-refractivity contribution < 1.29 is 19.4 Å². The summed E-state index contributed by atoms with van der Waals surface area (Å²) in [6, 6.07) is 18.2. The summed E-state index contributed by atoms with van der Waals surface area (Å²) in [4.78, 5) is 18.9. The number of nitrogens with zero attached hydrogens (tertiary/aromatic N) is 4. The molecule has 4 aromatic rings. The molecule has 0 bridgehead atoms. The zero-order valence-corrected chi connectivity index (χ0v) is 23.8. The van der Waals surface area contributed by atoms with Crippen molar-refractivity contribution in [3.8, 4) is 28.7 Å². The number of rotatable bonds is 8. The molecule has 0 radical (unpaired) electrons. The average Bonchev–Trinajstić information content (AvgIpc) is 3.36. The Morgan fingerprint density at radius 2 is 1.88 bits per heavy atom. The first-order valence-corrected chi connectivity index (χ1v) is 13.5. The number of hydrogen-bond donors (Lipinski definition) is 1. The number of hydrogen-bond acceptors (Lipinski definition) is 6. The first-order chi connectivity index (χ1) is 19.1. The van der Waals surface area contributed by atoms with Crippen LogP contribution in [0.4, 0.5) is 0 Å². The van der Waals surface area contributed by atoms with Gasteiger partial charge in [-0.3, -0.25) is 4.90 Å². The number of benzene rings is 2. The third-order valence-corrected chi connectivity index (χ3v) is 7.03. The number of fused-ring (bicyclic) bond motifs is 1. The summed E-state index contributed by atoms with van der Waals surface area (Å²) in [5, 5.41) is 13.7. The minimum Gasteiger partial charge on any atom is -0.488 e. The molecule has 0 aliphatic carbocycles. The van der Waals surface area contributed by atoms with Crippen LogP contribution < -0.4 is 9.47 Å². The van der Waals surface area contributed by atoms with Crippen LogP contribution in [0.3, 0.4) is 0 Å². The lowest BCUT2D eigenvalue weighted by Gasteiger charge is -2.34. The number of pyridine rings is 1. The van der Waals surface area contributed by atoms with Crippen molar-refractivity contribution in [2.75, 3.05) is 20.2 Å². The van der Waals surface area contributed by atoms with Crippen molar-refractivity contribution in [2.24, 2.45) is 5.41 Å². The predicted molar refractivity (Wildman–Crippen MR) is 154 cm³/mol. The molecule has 0 saturated heterocycles. The van der Waals surface area contributed by atoms with Gasteiger partial charge in [0.2, 0.25) is 5.88 Å². The van der Waals surface area contributed by atoms with E-state index in [2.05, 4.69) is 49.0 Å². The van der Waals surface area contributed by atoms with Gasteiger partial charge < -0.3 is 14.6 Å². The lowest BCUT2D eigenvalue weighted by molar-refractivity contribution is 0.0693. The number of carboxylic acid groups (broad SMARTS) is 1. The summed E-state index contributed by atoms with van der Waals surface area (Å²) in [6.45, 7) is 12.5. The molecule has 0 saturated carbocycles. The number of methoxy groups -OCH3 is 1. The van der Waals surface area contributed by atoms with Crippen LogP contribution in [0.15, 0.2) is 60.8 Å². The molecule has 0 spiro atoms. The molecule has 0 atom stereocenters. The summed E-state index contributed by atoms with van der Waals surface area (Å²) >= 11 is 0. The Balaban J connectivity index is 1.37. The van der Waals surface area contributed by atoms with Crippen LogP contribution in [0, 0.1) is 12.3 Å². The molecule has 1 aliphatic heterocycles. The number of aromatic nitrogens is 3. The van der Waals surface area contributed by atoms with Crippen LogP contribution >= 0.6 is 0 Å². The predicted octanol–water partition coefficient (Wildman–Crippen LogP) is 5.93. The first kappa shape index (κ1) is 27.4. The molecule has 2 aromatic heterocycles. The van der Waals surface area contributed by atoms with E-state index in [0.717, 1.165) is 48.5 Å². The molecule has 3 heterocycles. The topological polar surface area (TPSA) is 89.7 Å². The monoisotopic (exact) mass is 540 g/mol. The van der Waals surface area contributed by atoms with Crippen LogP contribution in [0.5, 0.6) is 11.6 Å². The van der Waals surface area contributed by atoms with Crippen molar-refractivity contribution in [1.82, 2.24) is 19.7 Å². The van der Waals surface area contributed by atoms with Crippen LogP contribution in [-0.4, -0.2) is 50.9 Å². The van der Waals surface area contributed by atoms with Gasteiger partial charge in [0.15, 0.2) is 5.82 Å². The molecule has 40 heavy (non-hydrogen) atoms. The number of ether oxygens (including phenoxy) is 2. The highest BCUT2D eigenvalue weighted by atomic mass is 16.5. The Bertz CT molecular complexity index is 1540. The molecule has 1 aliphatic rings. The highest BCUT2D eigenvalue weighted by Crippen LogP contribution is 2.34. The van der Waals surface area contributed by atoms with E-state index in [0.29, 0.717) is 18.1 Å². The van der Waals surface area contributed by atoms with Crippen LogP contribution in [-0.2, 0) is 19.6 Å². The zero-order valence-electron chi connectivity index (χ0n) is 23.8. The standard InChI is InChI=1S/C32H36N4O4/c1-21-8-6-9-25(27-10-7-11-28(34-27)36-30(39-5)26(17-33-36)31(37)38)29(21)40-19-22-12-13-24-18-35(20-32(2,3)4)15-14-23(24)16-22/h6-13,16-17H,14-15,18-20H2,1-5H3,(H,37,38). The fraction of sp³-hybridized carbons (Fsp3) is 0.344. The molecule has 0 unspecified atom stereocenters. The Hall–Kier alpha value is -4.17. The van der Waals surface area contributed by atoms with E-state index in [1.807, 2.05) is 37.3 Å². The summed E-state index contributed by atoms with van der Waals surface area (Å²) < 4.78 is 13.2. The van der Waals surface area contributed by atoms with Crippen molar-refractivity contribution in [3.05, 3.63) is 88.6 Å². The van der Waals surface area contributed by atoms with Crippen molar-refractivity contribution in [3.63, 3.8) is 0 Å². The van der Waals surface area contributed by atoms with Gasteiger partial charge in [0.25, 0.3) is 0 Å². The summed E-state index contributed by atoms with van der Waals surface area (Å²) in [5.74, 6) is 0.217. The molecule has 208 valence electrons. The van der Waals surface area contributed by atoms with Gasteiger partial charge in [0, 0.05) is 25.2 Å². The van der Waals surface area contributed by atoms with Gasteiger partial charge in [-0.2, -0.15) is 9.78 Å². The SMILES string of the molecule is COc1c(C(=O)O)cnn1-c1cccc(-c2cccc(C)c2OCc2ccc3c(c2)CCN(CC(C)(C)C)C3)n1. The minimum absolute atomic E-state index is 0.0266. The minimum atomic E-state index is -1.11. The van der Waals surface area contributed by atoms with Crippen molar-refractivity contribution in [1.29, 1.82) is 0 Å². The fourth-order valence-corrected chi connectivity index (χ4v) is 5.30. The Kier molecular flexibility index (Phi) is 7.63. The van der Waals surface area contributed by atoms with E-state index < -0.39 is 5.97 Å². The summed E-state index contributed by atoms with van der Waals surface area (Å²) in [6.07, 6.45) is 2.31. The molecule has 2 aromatic carbocycles. The van der Waals surface area contributed by atoms with Gasteiger partial charge in [-0.25, -0.2) is 9.78 Å². The van der Waals surface area contributed by atoms with Gasteiger partial charge >= 0.3 is 5.97 Å². The van der Waals surface area contributed by atoms with Crippen molar-refractivity contribution in [2.45, 2.75) is 47.3 Å². The smallest absolute Gasteiger partial charge is 0.342 e. The van der Waals surface area contributed by atoms with Gasteiger partial charge in [-0.15, -0.1) is 0 Å². The quantitative estimate of drug-likeness (QED) is 0.296. The Labute approximate surface area is 235 Å².